The first-order chi connectivity index (χ1) is 11.0. The number of carbonyl (C=O) groups is 1. The number of rotatable bonds is 16. The molecule has 5 nitrogen and oxygen atoms in total. The lowest BCUT2D eigenvalue weighted by Crippen LogP contribution is -2.04. The monoisotopic (exact) mass is 350 g/mol. The quantitative estimate of drug-likeness (QED) is 0.272. The largest absolute Gasteiger partial charge is 0.457 e. The van der Waals surface area contributed by atoms with Crippen LogP contribution in [0.3, 0.4) is 0 Å². The number of unbranched alkanes of at least 4 members (excludes halogenated alkanes) is 13. The molecule has 0 saturated heterocycles. The van der Waals surface area contributed by atoms with Crippen LogP contribution in [0.1, 0.15) is 96.8 Å². The lowest BCUT2D eigenvalue weighted by Gasteiger charge is -2.05. The van der Waals surface area contributed by atoms with Gasteiger partial charge in [0.15, 0.2) is 0 Å². The number of ether oxygens (including phenoxy) is 1. The van der Waals surface area contributed by atoms with E-state index in [4.69, 9.17) is 9.79 Å². The minimum absolute atomic E-state index is 0.0992. The summed E-state index contributed by atoms with van der Waals surface area (Å²) in [6.45, 7) is 2.34. The Morgan fingerprint density at radius 3 is 1.43 bits per heavy atom. The summed E-state index contributed by atoms with van der Waals surface area (Å²) in [6, 6.07) is 0. The van der Waals surface area contributed by atoms with Gasteiger partial charge in [0.25, 0.3) is 0 Å². The fraction of sp³-hybridized carbons (Fsp3) is 0.941. The van der Waals surface area contributed by atoms with Crippen molar-refractivity contribution in [3.8, 4) is 0 Å². The van der Waals surface area contributed by atoms with E-state index in [0.29, 0.717) is 6.42 Å². The molecule has 0 amide bonds. The zero-order valence-electron chi connectivity index (χ0n) is 14.7. The lowest BCUT2D eigenvalue weighted by molar-refractivity contribution is 0.160. The lowest BCUT2D eigenvalue weighted by atomic mass is 10.0. The Morgan fingerprint density at radius 1 is 0.739 bits per heavy atom. The molecular formula is C17H35O5P. The van der Waals surface area contributed by atoms with Crippen LogP contribution in [0.4, 0.5) is 4.79 Å². The van der Waals surface area contributed by atoms with Gasteiger partial charge in [0.05, 0.1) is 6.61 Å². The average molecular weight is 350 g/mol. The third kappa shape index (κ3) is 16.3. The smallest absolute Gasteiger partial charge is 0.433 e. The molecule has 23 heavy (non-hydrogen) atoms. The Balaban J connectivity index is 3.14. The summed E-state index contributed by atoms with van der Waals surface area (Å²) in [4.78, 5) is 27.9. The molecule has 0 rings (SSSR count). The molecule has 0 aromatic heterocycles. The number of hydrogen-bond donors (Lipinski definition) is 2. The highest BCUT2D eigenvalue weighted by Crippen LogP contribution is 2.36. The maximum absolute atomic E-state index is 10.8. The molecule has 0 radical (unpaired) electrons. The Hall–Kier alpha value is -0.380. The van der Waals surface area contributed by atoms with Crippen LogP contribution in [0.2, 0.25) is 0 Å². The summed E-state index contributed by atoms with van der Waals surface area (Å²) < 4.78 is 15.0. The van der Waals surface area contributed by atoms with Gasteiger partial charge >= 0.3 is 13.3 Å². The van der Waals surface area contributed by atoms with Crippen LogP contribution in [0.5, 0.6) is 0 Å². The van der Waals surface area contributed by atoms with E-state index in [9.17, 15) is 9.36 Å². The number of hydrogen-bond acceptors (Lipinski definition) is 3. The Morgan fingerprint density at radius 2 is 1.09 bits per heavy atom. The van der Waals surface area contributed by atoms with Gasteiger partial charge in [-0.15, -0.1) is 0 Å². The Labute approximate surface area is 141 Å². The topological polar surface area (TPSA) is 83.8 Å². The van der Waals surface area contributed by atoms with Crippen LogP contribution in [0.15, 0.2) is 0 Å². The highest BCUT2D eigenvalue weighted by atomic mass is 31.2. The van der Waals surface area contributed by atoms with E-state index >= 15 is 0 Å². The Kier molecular flexibility index (Phi) is 14.9. The van der Waals surface area contributed by atoms with E-state index in [1.54, 1.807) is 0 Å². The van der Waals surface area contributed by atoms with Crippen LogP contribution in [0.25, 0.3) is 0 Å². The molecule has 0 fully saturated rings. The molecule has 0 bridgehead atoms. The van der Waals surface area contributed by atoms with Gasteiger partial charge in [0.2, 0.25) is 0 Å². The molecule has 0 saturated carbocycles. The molecule has 0 spiro atoms. The third-order valence-electron chi connectivity index (χ3n) is 3.96. The highest BCUT2D eigenvalue weighted by Gasteiger charge is 2.27. The summed E-state index contributed by atoms with van der Waals surface area (Å²) in [5, 5.41) is 0. The van der Waals surface area contributed by atoms with Gasteiger partial charge in [-0.05, 0) is 6.42 Å². The van der Waals surface area contributed by atoms with Crippen LogP contribution in [0, 0.1) is 0 Å². The zero-order valence-corrected chi connectivity index (χ0v) is 15.6. The molecule has 0 aliphatic heterocycles. The van der Waals surface area contributed by atoms with Crippen molar-refractivity contribution in [1.82, 2.24) is 0 Å². The van der Waals surface area contributed by atoms with Gasteiger partial charge in [-0.1, -0.05) is 90.4 Å². The van der Waals surface area contributed by atoms with Crippen molar-refractivity contribution >= 4 is 13.3 Å². The van der Waals surface area contributed by atoms with E-state index < -0.39 is 13.3 Å². The van der Waals surface area contributed by atoms with E-state index in [1.807, 2.05) is 0 Å². The summed E-state index contributed by atoms with van der Waals surface area (Å²) >= 11 is 0. The first-order valence-corrected chi connectivity index (χ1v) is 10.8. The summed E-state index contributed by atoms with van der Waals surface area (Å²) in [5.74, 6) is 0. The van der Waals surface area contributed by atoms with Gasteiger partial charge in [-0.25, -0.2) is 9.36 Å². The van der Waals surface area contributed by atoms with E-state index in [-0.39, 0.29) is 6.61 Å². The molecule has 0 aliphatic rings. The van der Waals surface area contributed by atoms with Crippen LogP contribution >= 0.6 is 7.60 Å². The maximum Gasteiger partial charge on any atom is 0.433 e. The first-order valence-electron chi connectivity index (χ1n) is 9.21. The highest BCUT2D eigenvalue weighted by molar-refractivity contribution is 7.69. The molecular weight excluding hydrogens is 315 g/mol. The molecule has 138 valence electrons. The van der Waals surface area contributed by atoms with Crippen molar-refractivity contribution in [2.24, 2.45) is 0 Å². The van der Waals surface area contributed by atoms with E-state index in [0.717, 1.165) is 12.8 Å². The second-order valence-corrected chi connectivity index (χ2v) is 7.71. The van der Waals surface area contributed by atoms with Crippen molar-refractivity contribution in [2.75, 3.05) is 6.61 Å². The first kappa shape index (κ1) is 22.6. The SMILES string of the molecule is CCCCCCCCCCCCCCCCOC(=O)P(=O)(O)O. The summed E-state index contributed by atoms with van der Waals surface area (Å²) in [5.41, 5.74) is -1.41. The van der Waals surface area contributed by atoms with Gasteiger partial charge in [0.1, 0.15) is 0 Å². The van der Waals surface area contributed by atoms with Crippen LogP contribution in [-0.2, 0) is 9.30 Å². The molecule has 0 aromatic rings. The molecule has 2 N–H and O–H groups in total. The molecule has 0 unspecified atom stereocenters. The van der Waals surface area contributed by atoms with Crippen molar-refractivity contribution in [3.05, 3.63) is 0 Å². The zero-order chi connectivity index (χ0) is 17.4. The standard InChI is InChI=1S/C17H35O5P/c1-2-3-4-5-6-7-8-9-10-11-12-13-14-15-16-22-17(18)23(19,20)21/h2-16H2,1H3,(H2,19,20,21). The minimum Gasteiger partial charge on any atom is -0.457 e. The average Bonchev–Trinajstić information content (AvgIpc) is 2.50. The van der Waals surface area contributed by atoms with Crippen LogP contribution in [-0.4, -0.2) is 22.1 Å². The van der Waals surface area contributed by atoms with E-state index in [2.05, 4.69) is 11.7 Å². The molecule has 0 aromatic carbocycles. The van der Waals surface area contributed by atoms with Gasteiger partial charge in [0, 0.05) is 0 Å². The Bertz CT molecular complexity index is 327. The fourth-order valence-electron chi connectivity index (χ4n) is 2.54. The van der Waals surface area contributed by atoms with Gasteiger partial charge in [-0.3, -0.25) is 0 Å². The predicted octanol–water partition coefficient (Wildman–Crippen LogP) is 5.78. The fourth-order valence-corrected chi connectivity index (χ4v) is 2.80. The normalized spacial score (nSPS) is 11.6. The summed E-state index contributed by atoms with van der Waals surface area (Å²) in [7, 11) is -4.71. The van der Waals surface area contributed by atoms with Crippen molar-refractivity contribution in [3.63, 3.8) is 0 Å². The molecule has 0 heterocycles. The van der Waals surface area contributed by atoms with Crippen molar-refractivity contribution < 1.29 is 23.9 Å². The molecule has 0 atom stereocenters. The second kappa shape index (κ2) is 15.2. The van der Waals surface area contributed by atoms with Crippen molar-refractivity contribution in [2.45, 2.75) is 96.8 Å². The van der Waals surface area contributed by atoms with E-state index in [1.165, 1.54) is 70.6 Å². The van der Waals surface area contributed by atoms with Gasteiger partial charge < -0.3 is 14.5 Å². The van der Waals surface area contributed by atoms with Crippen LogP contribution < -0.4 is 0 Å². The summed E-state index contributed by atoms with van der Waals surface area (Å²) in [6.07, 6.45) is 17.3. The second-order valence-electron chi connectivity index (χ2n) is 6.25. The minimum atomic E-state index is -4.71. The van der Waals surface area contributed by atoms with Crippen molar-refractivity contribution in [1.29, 1.82) is 0 Å². The van der Waals surface area contributed by atoms with Gasteiger partial charge in [-0.2, -0.15) is 0 Å². The predicted molar refractivity (Wildman–Crippen MR) is 93.7 cm³/mol. The third-order valence-corrected chi connectivity index (χ3v) is 4.57. The molecule has 0 aliphatic carbocycles. The maximum atomic E-state index is 10.8. The number of carbonyl (C=O) groups excluding carboxylic acids is 1. The molecule has 6 heteroatoms.